The summed E-state index contributed by atoms with van der Waals surface area (Å²) in [5, 5.41) is 8.89. The highest BCUT2D eigenvalue weighted by molar-refractivity contribution is 5.05. The topological polar surface area (TPSA) is 33.0 Å². The van der Waals surface area contributed by atoms with E-state index >= 15 is 0 Å². The zero-order chi connectivity index (χ0) is 8.32. The molecule has 62 valence electrons. The molecule has 0 atom stereocenters. The average molecular weight is 153 g/mol. The van der Waals surface area contributed by atoms with E-state index in [1.807, 2.05) is 13.8 Å². The van der Waals surface area contributed by atoms with Crippen molar-refractivity contribution < 1.29 is 4.74 Å². The summed E-state index contributed by atoms with van der Waals surface area (Å²) in [6, 6.07) is 2.29. The summed E-state index contributed by atoms with van der Waals surface area (Å²) in [7, 11) is 0. The van der Waals surface area contributed by atoms with Crippen molar-refractivity contribution in [1.82, 2.24) is 0 Å². The van der Waals surface area contributed by atoms with E-state index in [-0.39, 0.29) is 6.10 Å². The van der Waals surface area contributed by atoms with Crippen LogP contribution < -0.4 is 0 Å². The van der Waals surface area contributed by atoms with E-state index in [1.165, 1.54) is 0 Å². The molecule has 2 heteroatoms. The molecule has 1 aliphatic rings. The lowest BCUT2D eigenvalue weighted by Gasteiger charge is -2.23. The molecule has 0 heterocycles. The predicted octanol–water partition coefficient (Wildman–Crippen LogP) is 2.25. The third kappa shape index (κ3) is 1.94. The quantitative estimate of drug-likeness (QED) is 0.609. The normalized spacial score (nSPS) is 22.0. The van der Waals surface area contributed by atoms with Gasteiger partial charge in [-0.15, -0.1) is 0 Å². The van der Waals surface area contributed by atoms with Crippen LogP contribution in [0.4, 0.5) is 0 Å². The van der Waals surface area contributed by atoms with Crippen LogP contribution >= 0.6 is 0 Å². The molecule has 0 aromatic carbocycles. The second-order valence-corrected chi connectivity index (χ2v) is 3.48. The molecule has 11 heavy (non-hydrogen) atoms. The maximum Gasteiger partial charge on any atom is 0.154 e. The van der Waals surface area contributed by atoms with Crippen molar-refractivity contribution in [1.29, 1.82) is 5.26 Å². The number of rotatable bonds is 2. The fourth-order valence-corrected chi connectivity index (χ4v) is 1.65. The Kier molecular flexibility index (Phi) is 2.51. The minimum Gasteiger partial charge on any atom is -0.357 e. The standard InChI is InChI=1S/C9H15NO/c1-8(2)11-9(7-10)5-3-4-6-9/h8H,3-6H2,1-2H3. The van der Waals surface area contributed by atoms with Crippen molar-refractivity contribution in [3.63, 3.8) is 0 Å². The van der Waals surface area contributed by atoms with Crippen LogP contribution in [0.15, 0.2) is 0 Å². The summed E-state index contributed by atoms with van der Waals surface area (Å²) in [5.74, 6) is 0. The maximum atomic E-state index is 8.89. The van der Waals surface area contributed by atoms with Gasteiger partial charge in [0.2, 0.25) is 0 Å². The Bertz CT molecular complexity index is 163. The zero-order valence-electron chi connectivity index (χ0n) is 7.26. The molecule has 0 saturated heterocycles. The van der Waals surface area contributed by atoms with E-state index in [4.69, 9.17) is 10.00 Å². The Balaban J connectivity index is 2.54. The Hall–Kier alpha value is -0.550. The summed E-state index contributed by atoms with van der Waals surface area (Å²) >= 11 is 0. The number of nitrogens with zero attached hydrogens (tertiary/aromatic N) is 1. The van der Waals surface area contributed by atoms with Gasteiger partial charge in [0.15, 0.2) is 5.60 Å². The number of hydrogen-bond acceptors (Lipinski definition) is 2. The first-order valence-corrected chi connectivity index (χ1v) is 4.28. The van der Waals surface area contributed by atoms with E-state index in [0.29, 0.717) is 0 Å². The van der Waals surface area contributed by atoms with Gasteiger partial charge >= 0.3 is 0 Å². The van der Waals surface area contributed by atoms with Gasteiger partial charge < -0.3 is 4.74 Å². The van der Waals surface area contributed by atoms with Gasteiger partial charge in [0.25, 0.3) is 0 Å². The lowest BCUT2D eigenvalue weighted by atomic mass is 10.0. The predicted molar refractivity (Wildman–Crippen MR) is 43.0 cm³/mol. The number of ether oxygens (including phenoxy) is 1. The van der Waals surface area contributed by atoms with Gasteiger partial charge in [0, 0.05) is 0 Å². The Morgan fingerprint density at radius 2 is 1.91 bits per heavy atom. The lowest BCUT2D eigenvalue weighted by Crippen LogP contribution is -2.29. The van der Waals surface area contributed by atoms with E-state index in [2.05, 4.69) is 6.07 Å². The smallest absolute Gasteiger partial charge is 0.154 e. The van der Waals surface area contributed by atoms with E-state index in [9.17, 15) is 0 Å². The molecule has 0 aromatic heterocycles. The van der Waals surface area contributed by atoms with Gasteiger partial charge in [-0.1, -0.05) is 0 Å². The molecule has 0 unspecified atom stereocenters. The number of nitriles is 1. The molecule has 1 saturated carbocycles. The molecule has 0 amide bonds. The Morgan fingerprint density at radius 3 is 2.27 bits per heavy atom. The minimum absolute atomic E-state index is 0.174. The van der Waals surface area contributed by atoms with E-state index in [1.54, 1.807) is 0 Å². The van der Waals surface area contributed by atoms with Crippen molar-refractivity contribution in [3.8, 4) is 6.07 Å². The van der Waals surface area contributed by atoms with Gasteiger partial charge in [0.05, 0.1) is 12.2 Å². The van der Waals surface area contributed by atoms with Gasteiger partial charge in [0.1, 0.15) is 0 Å². The molecule has 0 aliphatic heterocycles. The molecular weight excluding hydrogens is 138 g/mol. The minimum atomic E-state index is -0.436. The van der Waals surface area contributed by atoms with Crippen LogP contribution in [-0.2, 0) is 4.74 Å². The summed E-state index contributed by atoms with van der Waals surface area (Å²) in [6.45, 7) is 3.97. The van der Waals surface area contributed by atoms with Crippen LogP contribution in [-0.4, -0.2) is 11.7 Å². The zero-order valence-corrected chi connectivity index (χ0v) is 7.26. The molecule has 2 nitrogen and oxygen atoms in total. The van der Waals surface area contributed by atoms with Gasteiger partial charge in [-0.3, -0.25) is 0 Å². The molecular formula is C9H15NO. The number of hydrogen-bond donors (Lipinski definition) is 0. The first-order chi connectivity index (χ1) is 5.18. The van der Waals surface area contributed by atoms with Crippen molar-refractivity contribution in [2.45, 2.75) is 51.2 Å². The summed E-state index contributed by atoms with van der Waals surface area (Å²) < 4.78 is 5.59. The van der Waals surface area contributed by atoms with Crippen LogP contribution in [0.3, 0.4) is 0 Å². The molecule has 1 fully saturated rings. The fraction of sp³-hybridized carbons (Fsp3) is 0.889. The second-order valence-electron chi connectivity index (χ2n) is 3.48. The SMILES string of the molecule is CC(C)OC1(C#N)CCCC1. The summed E-state index contributed by atoms with van der Waals surface area (Å²) in [6.07, 6.45) is 4.29. The van der Waals surface area contributed by atoms with Gasteiger partial charge in [-0.05, 0) is 39.5 Å². The highest BCUT2D eigenvalue weighted by Gasteiger charge is 2.35. The molecule has 0 bridgehead atoms. The second kappa shape index (κ2) is 3.23. The van der Waals surface area contributed by atoms with Crippen molar-refractivity contribution in [2.75, 3.05) is 0 Å². The highest BCUT2D eigenvalue weighted by atomic mass is 16.5. The molecule has 0 spiro atoms. The summed E-state index contributed by atoms with van der Waals surface area (Å²) in [5.41, 5.74) is -0.436. The van der Waals surface area contributed by atoms with Gasteiger partial charge in [-0.25, -0.2) is 0 Å². The lowest BCUT2D eigenvalue weighted by molar-refractivity contribution is -0.0370. The largest absolute Gasteiger partial charge is 0.357 e. The van der Waals surface area contributed by atoms with Crippen molar-refractivity contribution in [2.24, 2.45) is 0 Å². The van der Waals surface area contributed by atoms with Crippen molar-refractivity contribution >= 4 is 0 Å². The first kappa shape index (κ1) is 8.55. The molecule has 1 aliphatic carbocycles. The maximum absolute atomic E-state index is 8.89. The Morgan fingerprint density at radius 1 is 1.36 bits per heavy atom. The monoisotopic (exact) mass is 153 g/mol. The van der Waals surface area contributed by atoms with Crippen LogP contribution in [0.25, 0.3) is 0 Å². The van der Waals surface area contributed by atoms with Crippen molar-refractivity contribution in [3.05, 3.63) is 0 Å². The summed E-state index contributed by atoms with van der Waals surface area (Å²) in [4.78, 5) is 0. The van der Waals surface area contributed by atoms with Crippen LogP contribution in [0.1, 0.15) is 39.5 Å². The molecule has 0 N–H and O–H groups in total. The van der Waals surface area contributed by atoms with Crippen LogP contribution in [0.2, 0.25) is 0 Å². The first-order valence-electron chi connectivity index (χ1n) is 4.28. The van der Waals surface area contributed by atoms with Crippen LogP contribution in [0, 0.1) is 11.3 Å². The van der Waals surface area contributed by atoms with E-state index in [0.717, 1.165) is 25.7 Å². The highest BCUT2D eigenvalue weighted by Crippen LogP contribution is 2.33. The fourth-order valence-electron chi connectivity index (χ4n) is 1.65. The van der Waals surface area contributed by atoms with Crippen LogP contribution in [0.5, 0.6) is 0 Å². The van der Waals surface area contributed by atoms with E-state index < -0.39 is 5.60 Å². The molecule has 1 rings (SSSR count). The third-order valence-corrected chi connectivity index (χ3v) is 2.08. The third-order valence-electron chi connectivity index (χ3n) is 2.08. The molecule has 0 aromatic rings. The molecule has 0 radical (unpaired) electrons. The Labute approximate surface area is 68.2 Å². The van der Waals surface area contributed by atoms with Gasteiger partial charge in [-0.2, -0.15) is 5.26 Å². The average Bonchev–Trinajstić information content (AvgIpc) is 2.36.